The first-order chi connectivity index (χ1) is 18.4. The average Bonchev–Trinajstić information content (AvgIpc) is 3.28. The predicted octanol–water partition coefficient (Wildman–Crippen LogP) is 3.42. The second kappa shape index (κ2) is 11.9. The highest BCUT2D eigenvalue weighted by Crippen LogP contribution is 2.48. The molecular weight excluding hydrogens is 490 g/mol. The van der Waals surface area contributed by atoms with Gasteiger partial charge in [0, 0.05) is 24.2 Å². The number of amides is 1. The van der Waals surface area contributed by atoms with E-state index in [9.17, 15) is 14.4 Å². The number of carbonyl (C=O) groups excluding carboxylic acids is 3. The predicted molar refractivity (Wildman–Crippen MR) is 141 cm³/mol. The lowest BCUT2D eigenvalue weighted by atomic mass is 9.74. The van der Waals surface area contributed by atoms with E-state index in [1.54, 1.807) is 18.6 Å². The SMILES string of the molecule is CCOC(=O)CNC(=O)n1c2c(c3c(OC)cccc31)CCN1C[C@@H](CC)[C@@H](/C(=C\OC)C(=O)OC)C[C@@H]21. The molecule has 1 saturated heterocycles. The second-order valence-electron chi connectivity index (χ2n) is 9.59. The van der Waals surface area contributed by atoms with Gasteiger partial charge < -0.3 is 24.3 Å². The van der Waals surface area contributed by atoms with Crippen molar-refractivity contribution in [3.05, 3.63) is 41.3 Å². The Morgan fingerprint density at radius 2 is 1.95 bits per heavy atom. The Morgan fingerprint density at radius 3 is 2.61 bits per heavy atom. The Bertz CT molecular complexity index is 1230. The van der Waals surface area contributed by atoms with Crippen LogP contribution >= 0.6 is 0 Å². The summed E-state index contributed by atoms with van der Waals surface area (Å²) in [7, 11) is 4.52. The average molecular weight is 528 g/mol. The molecule has 2 aliphatic rings. The summed E-state index contributed by atoms with van der Waals surface area (Å²) in [5.74, 6) is -0.109. The van der Waals surface area contributed by atoms with Crippen molar-refractivity contribution < 1.29 is 33.3 Å². The van der Waals surface area contributed by atoms with Crippen LogP contribution in [0.1, 0.15) is 44.0 Å². The van der Waals surface area contributed by atoms with Crippen molar-refractivity contribution in [3.8, 4) is 5.75 Å². The molecule has 1 aromatic carbocycles. The van der Waals surface area contributed by atoms with E-state index in [-0.39, 0.29) is 31.0 Å². The molecule has 2 aromatic rings. The Morgan fingerprint density at radius 1 is 1.16 bits per heavy atom. The van der Waals surface area contributed by atoms with Crippen LogP contribution in [0.2, 0.25) is 0 Å². The number of fused-ring (bicyclic) bond motifs is 5. The van der Waals surface area contributed by atoms with E-state index in [0.29, 0.717) is 23.3 Å². The number of nitrogens with one attached hydrogen (secondary N) is 1. The molecule has 0 bridgehead atoms. The van der Waals surface area contributed by atoms with Gasteiger partial charge in [0.1, 0.15) is 12.3 Å². The molecule has 206 valence electrons. The van der Waals surface area contributed by atoms with E-state index in [1.165, 1.54) is 20.5 Å². The third kappa shape index (κ3) is 4.97. The van der Waals surface area contributed by atoms with Gasteiger partial charge in [-0.15, -0.1) is 0 Å². The number of aromatic nitrogens is 1. The zero-order chi connectivity index (χ0) is 27.4. The van der Waals surface area contributed by atoms with Crippen molar-refractivity contribution in [1.29, 1.82) is 0 Å². The molecule has 1 fully saturated rings. The molecule has 1 N–H and O–H groups in total. The third-order valence-electron chi connectivity index (χ3n) is 7.72. The van der Waals surface area contributed by atoms with Crippen molar-refractivity contribution in [2.75, 3.05) is 47.6 Å². The van der Waals surface area contributed by atoms with Crippen LogP contribution < -0.4 is 10.1 Å². The summed E-state index contributed by atoms with van der Waals surface area (Å²) in [4.78, 5) is 40.8. The smallest absolute Gasteiger partial charge is 0.337 e. The van der Waals surface area contributed by atoms with Gasteiger partial charge in [0.2, 0.25) is 0 Å². The minimum absolute atomic E-state index is 0.115. The second-order valence-corrected chi connectivity index (χ2v) is 9.59. The largest absolute Gasteiger partial charge is 0.504 e. The highest BCUT2D eigenvalue weighted by molar-refractivity contribution is 5.99. The number of hydrogen-bond acceptors (Lipinski definition) is 8. The van der Waals surface area contributed by atoms with Gasteiger partial charge in [0.15, 0.2) is 0 Å². The summed E-state index contributed by atoms with van der Waals surface area (Å²) in [6.45, 7) is 5.45. The number of nitrogens with zero attached hydrogens (tertiary/aromatic N) is 2. The summed E-state index contributed by atoms with van der Waals surface area (Å²) < 4.78 is 22.8. The molecule has 10 nitrogen and oxygen atoms in total. The molecule has 1 aromatic heterocycles. The van der Waals surface area contributed by atoms with Crippen LogP contribution in [0.5, 0.6) is 5.75 Å². The Balaban J connectivity index is 1.83. The summed E-state index contributed by atoms with van der Waals surface area (Å²) in [6, 6.07) is 5.09. The van der Waals surface area contributed by atoms with Crippen molar-refractivity contribution in [1.82, 2.24) is 14.8 Å². The van der Waals surface area contributed by atoms with E-state index in [0.717, 1.165) is 42.6 Å². The number of hydrogen-bond donors (Lipinski definition) is 1. The van der Waals surface area contributed by atoms with Crippen LogP contribution in [0.15, 0.2) is 30.0 Å². The van der Waals surface area contributed by atoms with Crippen LogP contribution in [-0.4, -0.2) is 75.0 Å². The molecule has 38 heavy (non-hydrogen) atoms. The van der Waals surface area contributed by atoms with Gasteiger partial charge in [-0.05, 0) is 49.3 Å². The van der Waals surface area contributed by atoms with Crippen molar-refractivity contribution in [2.45, 2.75) is 39.2 Å². The summed E-state index contributed by atoms with van der Waals surface area (Å²) >= 11 is 0. The Hall–Kier alpha value is -3.53. The lowest BCUT2D eigenvalue weighted by Gasteiger charge is -2.46. The number of carbonyl (C=O) groups is 3. The van der Waals surface area contributed by atoms with E-state index in [4.69, 9.17) is 18.9 Å². The topological polar surface area (TPSA) is 108 Å². The molecule has 10 heteroatoms. The molecule has 0 aliphatic carbocycles. The summed E-state index contributed by atoms with van der Waals surface area (Å²) in [5, 5.41) is 3.63. The maximum absolute atomic E-state index is 13.6. The molecule has 1 amide bonds. The fourth-order valence-electron chi connectivity index (χ4n) is 6.08. The molecule has 0 spiro atoms. The quantitative estimate of drug-likeness (QED) is 0.316. The van der Waals surface area contributed by atoms with Crippen LogP contribution in [0.4, 0.5) is 4.79 Å². The highest BCUT2D eigenvalue weighted by atomic mass is 16.5. The van der Waals surface area contributed by atoms with E-state index in [1.807, 2.05) is 18.2 Å². The fourth-order valence-corrected chi connectivity index (χ4v) is 6.08. The van der Waals surface area contributed by atoms with E-state index < -0.39 is 18.0 Å². The van der Waals surface area contributed by atoms with Gasteiger partial charge in [0.25, 0.3) is 0 Å². The number of benzene rings is 1. The minimum atomic E-state index is -0.499. The number of rotatable bonds is 8. The molecular formula is C28H37N3O7. The van der Waals surface area contributed by atoms with E-state index >= 15 is 0 Å². The fraction of sp³-hybridized carbons (Fsp3) is 0.536. The zero-order valence-corrected chi connectivity index (χ0v) is 22.7. The van der Waals surface area contributed by atoms with Crippen LogP contribution in [-0.2, 0) is 30.2 Å². The molecule has 2 aliphatic heterocycles. The first-order valence-electron chi connectivity index (χ1n) is 13.1. The van der Waals surface area contributed by atoms with Crippen LogP contribution in [0.25, 0.3) is 10.9 Å². The lowest BCUT2D eigenvalue weighted by Crippen LogP contribution is -2.48. The number of piperidine rings is 1. The first-order valence-corrected chi connectivity index (χ1v) is 13.1. The van der Waals surface area contributed by atoms with Gasteiger partial charge in [-0.1, -0.05) is 19.4 Å². The van der Waals surface area contributed by atoms with Gasteiger partial charge in [-0.2, -0.15) is 0 Å². The number of ether oxygens (including phenoxy) is 4. The number of esters is 2. The molecule has 0 radical (unpaired) electrons. The standard InChI is InChI=1S/C28H37N3O7/c1-6-17-15-30-12-11-18-25-21(9-8-10-23(25)36-4)31(28(34)29-14-24(32)38-7-2)26(18)22(30)13-19(17)20(16-35-3)27(33)37-5/h8-10,16-17,19,22H,6-7,11-15H2,1-5H3,(H,29,34)/b20-16+/t17-,19+,22+/m1/s1. The minimum Gasteiger partial charge on any atom is -0.504 e. The molecule has 0 unspecified atom stereocenters. The van der Waals surface area contributed by atoms with Crippen molar-refractivity contribution in [2.24, 2.45) is 11.8 Å². The number of methoxy groups -OCH3 is 3. The molecule has 3 atom stereocenters. The normalized spacial score (nSPS) is 21.3. The summed E-state index contributed by atoms with van der Waals surface area (Å²) in [6.07, 6.45) is 3.73. The maximum atomic E-state index is 13.6. The van der Waals surface area contributed by atoms with Crippen molar-refractivity contribution in [3.63, 3.8) is 0 Å². The van der Waals surface area contributed by atoms with E-state index in [2.05, 4.69) is 17.1 Å². The summed E-state index contributed by atoms with van der Waals surface area (Å²) in [5.41, 5.74) is 3.13. The van der Waals surface area contributed by atoms with Crippen molar-refractivity contribution >= 4 is 28.9 Å². The van der Waals surface area contributed by atoms with Crippen LogP contribution in [0, 0.1) is 11.8 Å². The lowest BCUT2D eigenvalue weighted by molar-refractivity contribution is -0.141. The monoisotopic (exact) mass is 527 g/mol. The third-order valence-corrected chi connectivity index (χ3v) is 7.72. The molecule has 3 heterocycles. The molecule has 4 rings (SSSR count). The van der Waals surface area contributed by atoms with Crippen LogP contribution in [0.3, 0.4) is 0 Å². The van der Waals surface area contributed by atoms with Gasteiger partial charge in [-0.25, -0.2) is 9.59 Å². The maximum Gasteiger partial charge on any atom is 0.337 e. The zero-order valence-electron chi connectivity index (χ0n) is 22.7. The molecule has 0 saturated carbocycles. The van der Waals surface area contributed by atoms with Gasteiger partial charge >= 0.3 is 18.0 Å². The van der Waals surface area contributed by atoms with Gasteiger partial charge in [-0.3, -0.25) is 14.3 Å². The first kappa shape index (κ1) is 27.5. The Labute approximate surface area is 222 Å². The van der Waals surface area contributed by atoms with Gasteiger partial charge in [0.05, 0.1) is 51.3 Å². The Kier molecular flexibility index (Phi) is 8.61. The highest BCUT2D eigenvalue weighted by Gasteiger charge is 2.44.